The molecule has 1 aromatic heterocycles. The Morgan fingerprint density at radius 1 is 0.979 bits per heavy atom. The van der Waals surface area contributed by atoms with Gasteiger partial charge in [-0.25, -0.2) is 9.48 Å². The van der Waals surface area contributed by atoms with Crippen molar-refractivity contribution in [3.8, 4) is 28.4 Å². The maximum Gasteiger partial charge on any atom is 0.330 e. The Balaban J connectivity index is 1.46. The molecule has 0 atom stereocenters. The Kier molecular flexibility index (Phi) is 9.02. The van der Waals surface area contributed by atoms with Crippen LogP contribution >= 0.6 is 0 Å². The predicted molar refractivity (Wildman–Crippen MR) is 177 cm³/mol. The SMILES string of the molecule is COc1cccc(OC)c1-c1cc(C(=O)NC2(C(=O)O)C3CC4CC(C3)CC2C4)nn1-c1ccc(C(=O)NCCCN)cc1C(C)C. The number of nitrogens with two attached hydrogens (primary N) is 1. The molecule has 2 aromatic carbocycles. The summed E-state index contributed by atoms with van der Waals surface area (Å²) in [7, 11) is 3.13. The quantitative estimate of drug-likeness (QED) is 0.206. The summed E-state index contributed by atoms with van der Waals surface area (Å²) >= 11 is 0. The van der Waals surface area contributed by atoms with Crippen LogP contribution in [0.2, 0.25) is 0 Å². The van der Waals surface area contributed by atoms with Crippen LogP contribution < -0.4 is 25.8 Å². The molecule has 4 aliphatic rings. The first kappa shape index (κ1) is 32.6. The number of amides is 2. The van der Waals surface area contributed by atoms with Crippen LogP contribution in [0.25, 0.3) is 16.9 Å². The first-order valence-corrected chi connectivity index (χ1v) is 16.6. The van der Waals surface area contributed by atoms with Gasteiger partial charge in [0.05, 0.1) is 31.2 Å². The molecule has 2 amide bonds. The van der Waals surface area contributed by atoms with Gasteiger partial charge in [0.1, 0.15) is 17.0 Å². The fourth-order valence-electron chi connectivity index (χ4n) is 8.50. The number of aliphatic carboxylic acids is 1. The maximum atomic E-state index is 14.2. The number of hydrogen-bond acceptors (Lipinski definition) is 7. The first-order chi connectivity index (χ1) is 22.6. The van der Waals surface area contributed by atoms with E-state index in [0.29, 0.717) is 65.4 Å². The molecule has 7 rings (SSSR count). The number of rotatable bonds is 12. The summed E-state index contributed by atoms with van der Waals surface area (Å²) in [6, 6.07) is 12.5. The maximum absolute atomic E-state index is 14.2. The van der Waals surface area contributed by atoms with Gasteiger partial charge in [-0.3, -0.25) is 9.59 Å². The molecule has 11 nitrogen and oxygen atoms in total. The van der Waals surface area contributed by atoms with Crippen LogP contribution in [-0.4, -0.2) is 65.5 Å². The summed E-state index contributed by atoms with van der Waals surface area (Å²) in [4.78, 5) is 40.2. The molecule has 11 heteroatoms. The van der Waals surface area contributed by atoms with E-state index < -0.39 is 17.4 Å². The van der Waals surface area contributed by atoms with Crippen molar-refractivity contribution in [2.45, 2.75) is 63.8 Å². The Labute approximate surface area is 275 Å². The van der Waals surface area contributed by atoms with Gasteiger partial charge in [0.15, 0.2) is 5.69 Å². The summed E-state index contributed by atoms with van der Waals surface area (Å²) in [6.07, 6.45) is 5.12. The summed E-state index contributed by atoms with van der Waals surface area (Å²) in [5.41, 5.74) is 7.48. The minimum absolute atomic E-state index is 0.0148. The van der Waals surface area contributed by atoms with Crippen molar-refractivity contribution in [3.05, 3.63) is 59.3 Å². The third-order valence-electron chi connectivity index (χ3n) is 10.5. The fraction of sp³-hybridized carbons (Fsp3) is 0.500. The van der Waals surface area contributed by atoms with Gasteiger partial charge in [-0.15, -0.1) is 0 Å². The van der Waals surface area contributed by atoms with Gasteiger partial charge in [-0.2, -0.15) is 5.10 Å². The second-order valence-electron chi connectivity index (χ2n) is 13.6. The zero-order valence-electron chi connectivity index (χ0n) is 27.5. The highest BCUT2D eigenvalue weighted by Crippen LogP contribution is 2.58. The van der Waals surface area contributed by atoms with Crippen molar-refractivity contribution in [1.29, 1.82) is 0 Å². The number of methoxy groups -OCH3 is 2. The lowest BCUT2D eigenvalue weighted by atomic mass is 9.48. The fourth-order valence-corrected chi connectivity index (χ4v) is 8.50. The highest BCUT2D eigenvalue weighted by Gasteiger charge is 2.62. The lowest BCUT2D eigenvalue weighted by Gasteiger charge is -2.59. The zero-order chi connectivity index (χ0) is 33.5. The normalized spacial score (nSPS) is 24.3. The van der Waals surface area contributed by atoms with Crippen molar-refractivity contribution < 1.29 is 29.0 Å². The standard InChI is InChI=1S/C36H45N5O6/c1-20(2)26-18-23(33(42)38-12-6-11-37)9-10-28(26)41-29(32-30(46-3)7-5-8-31(32)47-4)19-27(40-41)34(43)39-36(35(44)45)24-14-21-13-22(16-24)17-25(36)15-21/h5,7-10,18-22,24-25H,6,11-17,37H2,1-4H3,(H,38,42)(H,39,43)(H,44,45). The number of ether oxygens (including phenoxy) is 2. The third kappa shape index (κ3) is 5.75. The molecule has 5 N–H and O–H groups in total. The topological polar surface area (TPSA) is 158 Å². The summed E-state index contributed by atoms with van der Waals surface area (Å²) in [5.74, 6) is 0.178. The Morgan fingerprint density at radius 3 is 2.17 bits per heavy atom. The van der Waals surface area contributed by atoms with E-state index in [-0.39, 0.29) is 29.4 Å². The zero-order valence-corrected chi connectivity index (χ0v) is 27.5. The largest absolute Gasteiger partial charge is 0.496 e. The monoisotopic (exact) mass is 643 g/mol. The Bertz CT molecular complexity index is 1630. The number of nitrogens with one attached hydrogen (secondary N) is 2. The van der Waals surface area contributed by atoms with E-state index in [0.717, 1.165) is 37.7 Å². The molecule has 0 unspecified atom stereocenters. The van der Waals surface area contributed by atoms with Crippen molar-refractivity contribution in [3.63, 3.8) is 0 Å². The average Bonchev–Trinajstić information content (AvgIpc) is 3.50. The molecule has 4 aliphatic carbocycles. The number of carbonyl (C=O) groups excluding carboxylic acids is 2. The van der Waals surface area contributed by atoms with Crippen LogP contribution in [0.5, 0.6) is 11.5 Å². The molecule has 47 heavy (non-hydrogen) atoms. The number of carboxylic acid groups (broad SMARTS) is 1. The second kappa shape index (κ2) is 13.0. The number of hydrogen-bond donors (Lipinski definition) is 4. The van der Waals surface area contributed by atoms with Crippen LogP contribution in [0.4, 0.5) is 0 Å². The van der Waals surface area contributed by atoms with Crippen molar-refractivity contribution in [2.75, 3.05) is 27.3 Å². The molecule has 3 aromatic rings. The first-order valence-electron chi connectivity index (χ1n) is 16.6. The molecule has 0 radical (unpaired) electrons. The lowest BCUT2D eigenvalue weighted by Crippen LogP contribution is -2.70. The minimum atomic E-state index is -1.32. The number of carbonyl (C=O) groups is 3. The molecule has 0 aliphatic heterocycles. The number of carboxylic acids is 1. The summed E-state index contributed by atoms with van der Waals surface area (Å²) in [6.45, 7) is 5.01. The summed E-state index contributed by atoms with van der Waals surface area (Å²) < 4.78 is 13.2. The lowest BCUT2D eigenvalue weighted by molar-refractivity contribution is -0.163. The van der Waals surface area contributed by atoms with Gasteiger partial charge in [-0.1, -0.05) is 19.9 Å². The minimum Gasteiger partial charge on any atom is -0.496 e. The van der Waals surface area contributed by atoms with Gasteiger partial charge in [0, 0.05) is 12.1 Å². The van der Waals surface area contributed by atoms with Crippen LogP contribution in [0.3, 0.4) is 0 Å². The van der Waals surface area contributed by atoms with Gasteiger partial charge < -0.3 is 30.9 Å². The smallest absolute Gasteiger partial charge is 0.330 e. The molecule has 1 heterocycles. The highest BCUT2D eigenvalue weighted by atomic mass is 16.5. The van der Waals surface area contributed by atoms with Crippen LogP contribution in [0, 0.1) is 23.7 Å². The van der Waals surface area contributed by atoms with E-state index in [1.807, 2.05) is 32.0 Å². The molecule has 4 fully saturated rings. The van der Waals surface area contributed by atoms with Crippen molar-refractivity contribution in [1.82, 2.24) is 20.4 Å². The number of aromatic nitrogens is 2. The number of nitrogens with zero attached hydrogens (tertiary/aromatic N) is 2. The van der Waals surface area contributed by atoms with Gasteiger partial charge in [0.25, 0.3) is 11.8 Å². The molecule has 0 spiro atoms. The average molecular weight is 644 g/mol. The van der Waals surface area contributed by atoms with E-state index in [9.17, 15) is 19.5 Å². The Morgan fingerprint density at radius 2 is 1.62 bits per heavy atom. The molecular formula is C36H45N5O6. The van der Waals surface area contributed by atoms with Gasteiger partial charge >= 0.3 is 5.97 Å². The van der Waals surface area contributed by atoms with Crippen molar-refractivity contribution >= 4 is 17.8 Å². The second-order valence-corrected chi connectivity index (χ2v) is 13.6. The predicted octanol–water partition coefficient (Wildman–Crippen LogP) is 4.77. The van der Waals surface area contributed by atoms with Crippen LogP contribution in [0.15, 0.2) is 42.5 Å². The molecule has 250 valence electrons. The van der Waals surface area contributed by atoms with E-state index >= 15 is 0 Å². The van der Waals surface area contributed by atoms with Crippen LogP contribution in [0.1, 0.15) is 84.7 Å². The van der Waals surface area contributed by atoms with E-state index in [1.54, 1.807) is 43.2 Å². The van der Waals surface area contributed by atoms with Crippen LogP contribution in [-0.2, 0) is 4.79 Å². The van der Waals surface area contributed by atoms with Gasteiger partial charge in [0.2, 0.25) is 0 Å². The van der Waals surface area contributed by atoms with E-state index in [4.69, 9.17) is 20.3 Å². The van der Waals surface area contributed by atoms with Gasteiger partial charge in [-0.05, 0) is 117 Å². The number of benzene rings is 2. The molecular weight excluding hydrogens is 598 g/mol. The summed E-state index contributed by atoms with van der Waals surface area (Å²) in [5, 5.41) is 21.5. The molecule has 4 bridgehead atoms. The van der Waals surface area contributed by atoms with E-state index in [1.165, 1.54) is 0 Å². The molecule has 0 saturated heterocycles. The van der Waals surface area contributed by atoms with Crippen molar-refractivity contribution in [2.24, 2.45) is 29.4 Å². The Hall–Kier alpha value is -4.38. The molecule has 4 saturated carbocycles. The highest BCUT2D eigenvalue weighted by molar-refractivity contribution is 5.98. The van der Waals surface area contributed by atoms with E-state index in [2.05, 4.69) is 10.6 Å². The third-order valence-corrected chi connectivity index (χ3v) is 10.5.